The van der Waals surface area contributed by atoms with Gasteiger partial charge in [-0.05, 0) is 24.3 Å². The molecule has 0 aliphatic rings. The number of hydrogen-bond acceptors (Lipinski definition) is 3. The molecule has 0 spiro atoms. The Hall–Kier alpha value is -1.37. The summed E-state index contributed by atoms with van der Waals surface area (Å²) in [7, 11) is 1.64. The van der Waals surface area contributed by atoms with Crippen LogP contribution in [0.5, 0.6) is 0 Å². The van der Waals surface area contributed by atoms with Gasteiger partial charge in [0.25, 0.3) is 0 Å². The van der Waals surface area contributed by atoms with E-state index in [1.54, 1.807) is 7.11 Å². The molecule has 0 amide bonds. The number of rotatable bonds is 11. The zero-order chi connectivity index (χ0) is 19.9. The molecule has 1 unspecified atom stereocenters. The number of Topliss-reactive ketones (excluding diaryl/α,β-unsaturated/α-hetero) is 1. The maximum atomic E-state index is 12.0. The summed E-state index contributed by atoms with van der Waals surface area (Å²) >= 11 is 0. The minimum atomic E-state index is -0.663. The van der Waals surface area contributed by atoms with Gasteiger partial charge in [-0.15, -0.1) is 6.42 Å². The molecule has 3 heteroatoms. The number of carbonyl (C=O) groups excluding carboxylic acids is 1. The third-order valence-electron chi connectivity index (χ3n) is 4.12. The lowest BCUT2D eigenvalue weighted by molar-refractivity contribution is -0.121. The zero-order valence-electron chi connectivity index (χ0n) is 17.3. The van der Waals surface area contributed by atoms with Crippen LogP contribution >= 0.6 is 0 Å². The molecule has 0 bridgehead atoms. The summed E-state index contributed by atoms with van der Waals surface area (Å²) in [6, 6.07) is 0. The summed E-state index contributed by atoms with van der Waals surface area (Å²) in [5, 5.41) is 10.0. The second kappa shape index (κ2) is 14.9. The number of methoxy groups -OCH3 is 1. The molecule has 1 atom stereocenters. The van der Waals surface area contributed by atoms with Crippen molar-refractivity contribution in [3.63, 3.8) is 0 Å². The number of aliphatic hydroxyl groups is 1. The van der Waals surface area contributed by atoms with Gasteiger partial charge in [-0.25, -0.2) is 0 Å². The Bertz CT molecular complexity index is 460. The Morgan fingerprint density at radius 2 is 1.92 bits per heavy atom. The maximum Gasteiger partial charge on any atom is 0.133 e. The van der Waals surface area contributed by atoms with Crippen molar-refractivity contribution >= 4 is 5.78 Å². The van der Waals surface area contributed by atoms with E-state index in [0.29, 0.717) is 25.4 Å². The molecule has 0 saturated carbocycles. The second-order valence-electron chi connectivity index (χ2n) is 6.36. The third kappa shape index (κ3) is 9.05. The molecule has 0 rings (SSSR count). The van der Waals surface area contributed by atoms with Crippen LogP contribution in [0.2, 0.25) is 0 Å². The molecule has 1 N–H and O–H groups in total. The van der Waals surface area contributed by atoms with E-state index in [-0.39, 0.29) is 18.8 Å². The number of allylic oxidation sites excluding steroid dienone is 2. The molecule has 0 aromatic carbocycles. The Kier molecular flexibility index (Phi) is 15.4. The fourth-order valence-corrected chi connectivity index (χ4v) is 2.71. The zero-order valence-corrected chi connectivity index (χ0v) is 17.3. The molecule has 0 aromatic rings. The van der Waals surface area contributed by atoms with Crippen LogP contribution in [0.25, 0.3) is 0 Å². The summed E-state index contributed by atoms with van der Waals surface area (Å²) in [6.07, 6.45) is 11.9. The molecule has 0 aliphatic carbocycles. The van der Waals surface area contributed by atoms with Crippen molar-refractivity contribution in [2.24, 2.45) is 11.3 Å². The smallest absolute Gasteiger partial charge is 0.133 e. The van der Waals surface area contributed by atoms with Gasteiger partial charge in [0.15, 0.2) is 0 Å². The molecular weight excluding hydrogens is 312 g/mol. The topological polar surface area (TPSA) is 46.5 Å². The highest BCUT2D eigenvalue weighted by atomic mass is 16.5. The van der Waals surface area contributed by atoms with E-state index in [9.17, 15) is 9.90 Å². The van der Waals surface area contributed by atoms with Crippen molar-refractivity contribution in [1.82, 2.24) is 0 Å². The highest BCUT2D eigenvalue weighted by Crippen LogP contribution is 2.38. The average Bonchev–Trinajstić information content (AvgIpc) is 2.62. The van der Waals surface area contributed by atoms with Gasteiger partial charge in [-0.1, -0.05) is 59.6 Å². The van der Waals surface area contributed by atoms with Crippen molar-refractivity contribution in [2.75, 3.05) is 20.3 Å². The molecule has 25 heavy (non-hydrogen) atoms. The lowest BCUT2D eigenvalue weighted by atomic mass is 9.71. The number of hydrogen-bond donors (Lipinski definition) is 1. The van der Waals surface area contributed by atoms with Gasteiger partial charge >= 0.3 is 0 Å². The fraction of sp³-hybridized carbons (Fsp3) is 0.682. The van der Waals surface area contributed by atoms with E-state index in [1.807, 2.05) is 39.8 Å². The Labute approximate surface area is 155 Å². The number of terminal acetylenes is 1. The van der Waals surface area contributed by atoms with E-state index in [4.69, 9.17) is 11.2 Å². The predicted molar refractivity (Wildman–Crippen MR) is 107 cm³/mol. The third-order valence-corrected chi connectivity index (χ3v) is 4.12. The van der Waals surface area contributed by atoms with E-state index in [0.717, 1.165) is 17.6 Å². The van der Waals surface area contributed by atoms with Crippen LogP contribution in [0.3, 0.4) is 0 Å². The summed E-state index contributed by atoms with van der Waals surface area (Å²) in [4.78, 5) is 12.0. The van der Waals surface area contributed by atoms with Crippen LogP contribution in [0.4, 0.5) is 0 Å². The molecule has 0 heterocycles. The lowest BCUT2D eigenvalue weighted by Gasteiger charge is -2.32. The van der Waals surface area contributed by atoms with Crippen molar-refractivity contribution in [3.8, 4) is 12.3 Å². The van der Waals surface area contributed by atoms with Crippen molar-refractivity contribution in [3.05, 3.63) is 23.3 Å². The minimum Gasteiger partial charge on any atom is -0.395 e. The first kappa shape index (κ1) is 25.9. The molecule has 0 radical (unpaired) electrons. The molecular formula is C22H38O3. The number of ketones is 1. The monoisotopic (exact) mass is 350 g/mol. The first-order valence-corrected chi connectivity index (χ1v) is 9.38. The highest BCUT2D eigenvalue weighted by molar-refractivity contribution is 5.79. The van der Waals surface area contributed by atoms with Crippen LogP contribution in [-0.4, -0.2) is 31.2 Å². The lowest BCUT2D eigenvalue weighted by Crippen LogP contribution is -2.31. The van der Waals surface area contributed by atoms with E-state index in [2.05, 4.69) is 19.8 Å². The average molecular weight is 351 g/mol. The molecule has 0 aromatic heterocycles. The van der Waals surface area contributed by atoms with Gasteiger partial charge in [-0.3, -0.25) is 4.79 Å². The summed E-state index contributed by atoms with van der Waals surface area (Å²) < 4.78 is 5.07. The molecule has 144 valence electrons. The van der Waals surface area contributed by atoms with E-state index in [1.165, 1.54) is 0 Å². The standard InChI is InChI=1S/C20H32O3.C2H6/c1-7-18(22)14-20(9-3,15-21)19(8-2)17(13-16(4)5)11-10-12-23-6;1-2/h2,10-11,16,21H,7,9,12-15H2,1,3-6H3;1-2H3/b11-10-,19-17-;. The maximum absolute atomic E-state index is 12.0. The molecule has 0 saturated heterocycles. The van der Waals surface area contributed by atoms with Crippen LogP contribution in [-0.2, 0) is 9.53 Å². The van der Waals surface area contributed by atoms with Crippen LogP contribution in [0, 0.1) is 23.7 Å². The predicted octanol–water partition coefficient (Wildman–Crippen LogP) is 4.95. The van der Waals surface area contributed by atoms with Gasteiger partial charge in [0.05, 0.1) is 13.2 Å². The van der Waals surface area contributed by atoms with Crippen molar-refractivity contribution < 1.29 is 14.6 Å². The summed E-state index contributed by atoms with van der Waals surface area (Å²) in [5.41, 5.74) is 1.11. The minimum absolute atomic E-state index is 0.117. The van der Waals surface area contributed by atoms with Crippen molar-refractivity contribution in [1.29, 1.82) is 0 Å². The SMILES string of the molecule is C#C/C(=C(\C=C/COC)CC(C)C)C(CC)(CO)CC(=O)CC.CC. The van der Waals surface area contributed by atoms with Gasteiger partial charge in [0, 0.05) is 30.9 Å². The van der Waals surface area contributed by atoms with Gasteiger partial charge < -0.3 is 9.84 Å². The number of ether oxygens (including phenoxy) is 1. The summed E-state index contributed by atoms with van der Waals surface area (Å²) in [5.74, 6) is 3.33. The normalized spacial score (nSPS) is 14.4. The van der Waals surface area contributed by atoms with E-state index < -0.39 is 5.41 Å². The van der Waals surface area contributed by atoms with Gasteiger partial charge in [-0.2, -0.15) is 0 Å². The van der Waals surface area contributed by atoms with Gasteiger partial charge in [0.2, 0.25) is 0 Å². The van der Waals surface area contributed by atoms with Crippen molar-refractivity contribution in [2.45, 2.75) is 67.2 Å². The Morgan fingerprint density at radius 1 is 1.32 bits per heavy atom. The fourth-order valence-electron chi connectivity index (χ4n) is 2.71. The van der Waals surface area contributed by atoms with Crippen LogP contribution in [0.1, 0.15) is 67.2 Å². The largest absolute Gasteiger partial charge is 0.395 e. The number of aliphatic hydroxyl groups excluding tert-OH is 1. The second-order valence-corrected chi connectivity index (χ2v) is 6.36. The van der Waals surface area contributed by atoms with Crippen LogP contribution < -0.4 is 0 Å². The molecule has 3 nitrogen and oxygen atoms in total. The number of carbonyl (C=O) groups is 1. The Morgan fingerprint density at radius 3 is 2.28 bits per heavy atom. The van der Waals surface area contributed by atoms with Gasteiger partial charge in [0.1, 0.15) is 5.78 Å². The first-order chi connectivity index (χ1) is 11.9. The first-order valence-electron chi connectivity index (χ1n) is 9.38. The molecule has 0 aliphatic heterocycles. The quantitative estimate of drug-likeness (QED) is 0.424. The molecule has 0 fully saturated rings. The highest BCUT2D eigenvalue weighted by Gasteiger charge is 2.35. The van der Waals surface area contributed by atoms with E-state index >= 15 is 0 Å². The Balaban J connectivity index is 0. The summed E-state index contributed by atoms with van der Waals surface area (Å²) in [6.45, 7) is 12.5. The van der Waals surface area contributed by atoms with Crippen LogP contribution in [0.15, 0.2) is 23.3 Å².